The molecule has 1 rings (SSSR count). The molecule has 1 atom stereocenters. The van der Waals surface area contributed by atoms with Crippen LogP contribution in [0.3, 0.4) is 0 Å². The SMILES string of the molecule is CC(N)C1CCN(CCCCCCO)CC1. The van der Waals surface area contributed by atoms with Crippen molar-refractivity contribution in [2.75, 3.05) is 26.2 Å². The minimum atomic E-state index is 0.347. The molecule has 3 nitrogen and oxygen atoms in total. The number of nitrogens with zero attached hydrogens (tertiary/aromatic N) is 1. The Bertz CT molecular complexity index is 165. The van der Waals surface area contributed by atoms with E-state index >= 15 is 0 Å². The minimum absolute atomic E-state index is 0.347. The summed E-state index contributed by atoms with van der Waals surface area (Å²) < 4.78 is 0. The molecule has 3 N–H and O–H groups in total. The van der Waals surface area contributed by atoms with Gasteiger partial charge in [0.2, 0.25) is 0 Å². The lowest BCUT2D eigenvalue weighted by atomic mass is 9.91. The average Bonchev–Trinajstić information content (AvgIpc) is 2.29. The molecule has 0 radical (unpaired) electrons. The van der Waals surface area contributed by atoms with Crippen molar-refractivity contribution in [3.8, 4) is 0 Å². The van der Waals surface area contributed by atoms with Gasteiger partial charge in [-0.1, -0.05) is 12.8 Å². The number of hydrogen-bond donors (Lipinski definition) is 2. The molecule has 1 saturated heterocycles. The summed E-state index contributed by atoms with van der Waals surface area (Å²) in [4.78, 5) is 2.57. The van der Waals surface area contributed by atoms with Gasteiger partial charge >= 0.3 is 0 Å². The Morgan fingerprint density at radius 3 is 2.38 bits per heavy atom. The fraction of sp³-hybridized carbons (Fsp3) is 1.00. The summed E-state index contributed by atoms with van der Waals surface area (Å²) in [5, 5.41) is 8.67. The van der Waals surface area contributed by atoms with Gasteiger partial charge in [-0.2, -0.15) is 0 Å². The highest BCUT2D eigenvalue weighted by Gasteiger charge is 2.21. The van der Waals surface area contributed by atoms with Crippen LogP contribution in [0.1, 0.15) is 45.4 Å². The maximum Gasteiger partial charge on any atom is 0.0431 e. The van der Waals surface area contributed by atoms with Crippen LogP contribution >= 0.6 is 0 Å². The smallest absolute Gasteiger partial charge is 0.0431 e. The summed E-state index contributed by atoms with van der Waals surface area (Å²) in [6.07, 6.45) is 7.22. The third-order valence-corrected chi connectivity index (χ3v) is 3.76. The lowest BCUT2D eigenvalue weighted by Crippen LogP contribution is -2.40. The van der Waals surface area contributed by atoms with Crippen LogP contribution in [0.25, 0.3) is 0 Å². The molecule has 0 amide bonds. The summed E-state index contributed by atoms with van der Waals surface area (Å²) >= 11 is 0. The zero-order valence-corrected chi connectivity index (χ0v) is 10.7. The van der Waals surface area contributed by atoms with E-state index in [9.17, 15) is 0 Å². The molecular formula is C13H28N2O. The van der Waals surface area contributed by atoms with E-state index in [2.05, 4.69) is 11.8 Å². The van der Waals surface area contributed by atoms with Crippen molar-refractivity contribution in [2.45, 2.75) is 51.5 Å². The lowest BCUT2D eigenvalue weighted by Gasteiger charge is -2.33. The van der Waals surface area contributed by atoms with E-state index < -0.39 is 0 Å². The third kappa shape index (κ3) is 5.28. The summed E-state index contributed by atoms with van der Waals surface area (Å²) in [5.74, 6) is 0.741. The molecular weight excluding hydrogens is 200 g/mol. The zero-order valence-electron chi connectivity index (χ0n) is 10.7. The third-order valence-electron chi connectivity index (χ3n) is 3.76. The Balaban J connectivity index is 1.99. The number of unbranched alkanes of at least 4 members (excludes halogenated alkanes) is 3. The average molecular weight is 228 g/mol. The predicted octanol–water partition coefficient (Wildman–Crippen LogP) is 1.60. The highest BCUT2D eigenvalue weighted by atomic mass is 16.2. The lowest BCUT2D eigenvalue weighted by molar-refractivity contribution is 0.169. The first-order valence-electron chi connectivity index (χ1n) is 6.83. The van der Waals surface area contributed by atoms with Crippen molar-refractivity contribution in [3.05, 3.63) is 0 Å². The summed E-state index contributed by atoms with van der Waals surface area (Å²) in [6, 6.07) is 0.367. The van der Waals surface area contributed by atoms with E-state index in [4.69, 9.17) is 10.8 Å². The van der Waals surface area contributed by atoms with Crippen LogP contribution < -0.4 is 5.73 Å². The topological polar surface area (TPSA) is 49.5 Å². The van der Waals surface area contributed by atoms with Crippen molar-refractivity contribution in [3.63, 3.8) is 0 Å². The largest absolute Gasteiger partial charge is 0.396 e. The molecule has 0 aliphatic carbocycles. The highest BCUT2D eigenvalue weighted by Crippen LogP contribution is 2.19. The van der Waals surface area contributed by atoms with Gasteiger partial charge in [-0.3, -0.25) is 0 Å². The van der Waals surface area contributed by atoms with Crippen LogP contribution in [0.4, 0.5) is 0 Å². The number of rotatable bonds is 7. The summed E-state index contributed by atoms with van der Waals surface area (Å²) in [7, 11) is 0. The molecule has 0 bridgehead atoms. The molecule has 0 aromatic heterocycles. The molecule has 96 valence electrons. The van der Waals surface area contributed by atoms with Gasteiger partial charge in [-0.05, 0) is 58.2 Å². The molecule has 1 aliphatic rings. The number of likely N-dealkylation sites (tertiary alicyclic amines) is 1. The van der Waals surface area contributed by atoms with Crippen LogP contribution in [-0.2, 0) is 0 Å². The van der Waals surface area contributed by atoms with E-state index in [1.165, 1.54) is 51.7 Å². The fourth-order valence-electron chi connectivity index (χ4n) is 2.50. The number of piperidine rings is 1. The molecule has 1 unspecified atom stereocenters. The minimum Gasteiger partial charge on any atom is -0.396 e. The number of aliphatic hydroxyl groups excluding tert-OH is 1. The Morgan fingerprint density at radius 2 is 1.81 bits per heavy atom. The molecule has 3 heteroatoms. The van der Waals surface area contributed by atoms with Gasteiger partial charge in [-0.25, -0.2) is 0 Å². The second-order valence-corrected chi connectivity index (χ2v) is 5.18. The van der Waals surface area contributed by atoms with Crippen LogP contribution in [0.5, 0.6) is 0 Å². The second kappa shape index (κ2) is 8.04. The van der Waals surface area contributed by atoms with Crippen LogP contribution in [-0.4, -0.2) is 42.3 Å². The maximum atomic E-state index is 8.67. The molecule has 1 fully saturated rings. The Labute approximate surface area is 100 Å². The van der Waals surface area contributed by atoms with Gasteiger partial charge in [-0.15, -0.1) is 0 Å². The van der Waals surface area contributed by atoms with E-state index in [0.717, 1.165) is 12.3 Å². The van der Waals surface area contributed by atoms with Crippen LogP contribution in [0.15, 0.2) is 0 Å². The van der Waals surface area contributed by atoms with Crippen molar-refractivity contribution in [2.24, 2.45) is 11.7 Å². The molecule has 0 spiro atoms. The molecule has 0 aromatic rings. The van der Waals surface area contributed by atoms with E-state index in [1.54, 1.807) is 0 Å². The Kier molecular flexibility index (Phi) is 7.01. The second-order valence-electron chi connectivity index (χ2n) is 5.18. The van der Waals surface area contributed by atoms with Crippen molar-refractivity contribution in [1.29, 1.82) is 0 Å². The van der Waals surface area contributed by atoms with Crippen LogP contribution in [0, 0.1) is 5.92 Å². The van der Waals surface area contributed by atoms with Gasteiger partial charge in [0.25, 0.3) is 0 Å². The van der Waals surface area contributed by atoms with E-state index in [0.29, 0.717) is 12.6 Å². The van der Waals surface area contributed by atoms with Crippen molar-refractivity contribution >= 4 is 0 Å². The molecule has 1 heterocycles. The molecule has 0 aromatic carbocycles. The summed E-state index contributed by atoms with van der Waals surface area (Å²) in [6.45, 7) is 6.17. The van der Waals surface area contributed by atoms with E-state index in [1.807, 2.05) is 0 Å². The highest BCUT2D eigenvalue weighted by molar-refractivity contribution is 4.77. The van der Waals surface area contributed by atoms with Crippen molar-refractivity contribution < 1.29 is 5.11 Å². The number of nitrogens with two attached hydrogens (primary N) is 1. The summed E-state index contributed by atoms with van der Waals surface area (Å²) in [5.41, 5.74) is 5.93. The predicted molar refractivity (Wildman–Crippen MR) is 68.4 cm³/mol. The maximum absolute atomic E-state index is 8.67. The molecule has 16 heavy (non-hydrogen) atoms. The number of aliphatic hydroxyl groups is 1. The van der Waals surface area contributed by atoms with Gasteiger partial charge in [0.05, 0.1) is 0 Å². The van der Waals surface area contributed by atoms with Crippen LogP contribution in [0.2, 0.25) is 0 Å². The van der Waals surface area contributed by atoms with Gasteiger partial charge in [0.1, 0.15) is 0 Å². The fourth-order valence-corrected chi connectivity index (χ4v) is 2.50. The standard InChI is InChI=1S/C13H28N2O/c1-12(14)13-6-9-15(10-7-13)8-4-2-3-5-11-16/h12-13,16H,2-11,14H2,1H3. The monoisotopic (exact) mass is 228 g/mol. The quantitative estimate of drug-likeness (QED) is 0.651. The molecule has 0 saturated carbocycles. The zero-order chi connectivity index (χ0) is 11.8. The van der Waals surface area contributed by atoms with E-state index in [-0.39, 0.29) is 0 Å². The van der Waals surface area contributed by atoms with Gasteiger partial charge in [0, 0.05) is 12.6 Å². The first-order valence-corrected chi connectivity index (χ1v) is 6.83. The normalized spacial score (nSPS) is 21.2. The first kappa shape index (κ1) is 13.9. The molecule has 1 aliphatic heterocycles. The first-order chi connectivity index (χ1) is 7.74. The number of hydrogen-bond acceptors (Lipinski definition) is 3. The van der Waals surface area contributed by atoms with Gasteiger partial charge < -0.3 is 15.7 Å². The van der Waals surface area contributed by atoms with Crippen molar-refractivity contribution in [1.82, 2.24) is 4.90 Å². The Morgan fingerprint density at radius 1 is 1.19 bits per heavy atom. The Hall–Kier alpha value is -0.120. The van der Waals surface area contributed by atoms with Gasteiger partial charge in [0.15, 0.2) is 0 Å².